The van der Waals surface area contributed by atoms with E-state index in [9.17, 15) is 0 Å². The molecule has 7 nitrogen and oxygen atoms in total. The van der Waals surface area contributed by atoms with Crippen molar-refractivity contribution < 1.29 is 8.94 Å². The van der Waals surface area contributed by atoms with E-state index in [4.69, 9.17) is 20.5 Å². The second-order valence-electron chi connectivity index (χ2n) is 5.75. The molecule has 0 aliphatic carbocycles. The highest BCUT2D eigenvalue weighted by Crippen LogP contribution is 2.28. The Morgan fingerprint density at radius 2 is 1.96 bits per heavy atom. The molecule has 0 amide bonds. The van der Waals surface area contributed by atoms with Crippen LogP contribution in [0.4, 0.5) is 0 Å². The van der Waals surface area contributed by atoms with Crippen molar-refractivity contribution in [2.45, 2.75) is 31.3 Å². The molecule has 1 aromatic carbocycles. The highest BCUT2D eigenvalue weighted by molar-refractivity contribution is 7.98. The summed E-state index contributed by atoms with van der Waals surface area (Å²) in [5.41, 5.74) is 1.78. The summed E-state index contributed by atoms with van der Waals surface area (Å²) in [6, 6.07) is 9.18. The van der Waals surface area contributed by atoms with Crippen molar-refractivity contribution in [2.24, 2.45) is 0 Å². The zero-order chi connectivity index (χ0) is 18.8. The summed E-state index contributed by atoms with van der Waals surface area (Å²) in [7, 11) is 0. The second-order valence-corrected chi connectivity index (χ2v) is 7.13. The molecule has 27 heavy (non-hydrogen) atoms. The van der Waals surface area contributed by atoms with Crippen LogP contribution in [0.25, 0.3) is 22.8 Å². The number of thioether (sulfide) groups is 1. The Kier molecular flexibility index (Phi) is 5.00. The van der Waals surface area contributed by atoms with E-state index >= 15 is 0 Å². The van der Waals surface area contributed by atoms with E-state index in [1.54, 1.807) is 18.4 Å². The highest BCUT2D eigenvalue weighted by Gasteiger charge is 2.17. The van der Waals surface area contributed by atoms with Crippen LogP contribution in [0, 0.1) is 6.92 Å². The van der Waals surface area contributed by atoms with E-state index in [1.165, 1.54) is 11.8 Å². The minimum atomic E-state index is 0.467. The molecule has 0 atom stereocenters. The van der Waals surface area contributed by atoms with Gasteiger partial charge in [-0.05, 0) is 44.2 Å². The van der Waals surface area contributed by atoms with Gasteiger partial charge in [0.05, 0.1) is 17.6 Å². The van der Waals surface area contributed by atoms with Gasteiger partial charge in [0.15, 0.2) is 16.8 Å². The van der Waals surface area contributed by atoms with Crippen LogP contribution < -0.4 is 0 Å². The number of nitrogens with zero attached hydrogens (tertiary/aromatic N) is 5. The molecule has 4 rings (SSSR count). The van der Waals surface area contributed by atoms with Crippen molar-refractivity contribution in [3.05, 3.63) is 53.2 Å². The van der Waals surface area contributed by atoms with E-state index < -0.39 is 0 Å². The molecule has 4 aromatic rings. The van der Waals surface area contributed by atoms with E-state index in [0.717, 1.165) is 34.4 Å². The van der Waals surface area contributed by atoms with E-state index in [1.807, 2.05) is 29.7 Å². The van der Waals surface area contributed by atoms with E-state index in [-0.39, 0.29) is 0 Å². The summed E-state index contributed by atoms with van der Waals surface area (Å²) in [6.07, 6.45) is 1.66. The molecular weight excluding hydrogens is 386 g/mol. The van der Waals surface area contributed by atoms with Gasteiger partial charge in [0, 0.05) is 17.1 Å². The zero-order valence-electron chi connectivity index (χ0n) is 14.7. The first kappa shape index (κ1) is 17.8. The van der Waals surface area contributed by atoms with Crippen LogP contribution in [-0.4, -0.2) is 24.9 Å². The van der Waals surface area contributed by atoms with Crippen LogP contribution in [0.3, 0.4) is 0 Å². The number of hydrogen-bond acceptors (Lipinski definition) is 7. The minimum absolute atomic E-state index is 0.467. The predicted molar refractivity (Wildman–Crippen MR) is 102 cm³/mol. The van der Waals surface area contributed by atoms with Crippen molar-refractivity contribution in [3.63, 3.8) is 0 Å². The maximum Gasteiger partial charge on any atom is 0.257 e. The van der Waals surface area contributed by atoms with Gasteiger partial charge in [-0.3, -0.25) is 0 Å². The molecule has 0 bridgehead atoms. The minimum Gasteiger partial charge on any atom is -0.469 e. The number of aromatic nitrogens is 5. The van der Waals surface area contributed by atoms with Gasteiger partial charge in [0.1, 0.15) is 5.76 Å². The van der Waals surface area contributed by atoms with Crippen LogP contribution in [0.5, 0.6) is 0 Å². The maximum absolute atomic E-state index is 5.91. The van der Waals surface area contributed by atoms with Crippen LogP contribution in [0.15, 0.2) is 50.7 Å². The Bertz CT molecular complexity index is 1050. The SMILES string of the molecule is CCn1c(SCc2noc(-c3ccc(Cl)cc3)n2)nnc1-c1ccoc1C. The first-order valence-corrected chi connectivity index (χ1v) is 9.71. The molecule has 0 unspecified atom stereocenters. The van der Waals surface area contributed by atoms with E-state index in [2.05, 4.69) is 27.3 Å². The Balaban J connectivity index is 1.50. The molecule has 0 N–H and O–H groups in total. The fourth-order valence-corrected chi connectivity index (χ4v) is 3.62. The number of furan rings is 1. The van der Waals surface area contributed by atoms with Gasteiger partial charge in [0.25, 0.3) is 5.89 Å². The monoisotopic (exact) mass is 401 g/mol. The van der Waals surface area contributed by atoms with Crippen molar-refractivity contribution in [1.82, 2.24) is 24.9 Å². The lowest BCUT2D eigenvalue weighted by atomic mass is 10.2. The molecular formula is C18H16ClN5O2S. The van der Waals surface area contributed by atoms with E-state index in [0.29, 0.717) is 22.5 Å². The van der Waals surface area contributed by atoms with Gasteiger partial charge in [-0.2, -0.15) is 4.98 Å². The Morgan fingerprint density at radius 1 is 1.15 bits per heavy atom. The average Bonchev–Trinajstić information content (AvgIpc) is 3.39. The summed E-state index contributed by atoms with van der Waals surface area (Å²) in [5.74, 6) is 3.20. The molecule has 0 saturated carbocycles. The molecule has 3 aromatic heterocycles. The van der Waals surface area contributed by atoms with Crippen molar-refractivity contribution in [1.29, 1.82) is 0 Å². The average molecular weight is 402 g/mol. The second kappa shape index (κ2) is 7.58. The number of aryl methyl sites for hydroxylation is 1. The van der Waals surface area contributed by atoms with Gasteiger partial charge in [-0.1, -0.05) is 28.5 Å². The molecule has 0 spiro atoms. The largest absolute Gasteiger partial charge is 0.469 e. The lowest BCUT2D eigenvalue weighted by Crippen LogP contribution is -2.00. The van der Waals surface area contributed by atoms with Crippen LogP contribution >= 0.6 is 23.4 Å². The van der Waals surface area contributed by atoms with Gasteiger partial charge in [-0.25, -0.2) is 0 Å². The molecule has 0 fully saturated rings. The number of rotatable bonds is 6. The molecule has 0 aliphatic rings. The number of hydrogen-bond donors (Lipinski definition) is 0. The van der Waals surface area contributed by atoms with Crippen LogP contribution in [0.2, 0.25) is 5.02 Å². The number of halogens is 1. The standard InChI is InChI=1S/C18H16ClN5O2S/c1-3-24-16(14-8-9-25-11(14)2)21-22-18(24)27-10-15-20-17(26-23-15)12-4-6-13(19)7-5-12/h4-9H,3,10H2,1-2H3. The van der Waals surface area contributed by atoms with Gasteiger partial charge in [-0.15, -0.1) is 10.2 Å². The third kappa shape index (κ3) is 3.63. The summed E-state index contributed by atoms with van der Waals surface area (Å²) < 4.78 is 12.8. The smallest absolute Gasteiger partial charge is 0.257 e. The first-order chi connectivity index (χ1) is 13.2. The number of benzene rings is 1. The van der Waals surface area contributed by atoms with Gasteiger partial charge < -0.3 is 13.5 Å². The van der Waals surface area contributed by atoms with Crippen molar-refractivity contribution >= 4 is 23.4 Å². The normalized spacial score (nSPS) is 11.2. The topological polar surface area (TPSA) is 82.8 Å². The molecule has 138 valence electrons. The highest BCUT2D eigenvalue weighted by atomic mass is 35.5. The molecule has 3 heterocycles. The zero-order valence-corrected chi connectivity index (χ0v) is 16.3. The molecule has 0 radical (unpaired) electrons. The third-order valence-corrected chi connectivity index (χ3v) is 5.24. The third-order valence-electron chi connectivity index (χ3n) is 4.02. The molecule has 0 saturated heterocycles. The fourth-order valence-electron chi connectivity index (χ4n) is 2.65. The predicted octanol–water partition coefficient (Wildman–Crippen LogP) is 4.86. The molecule has 9 heteroatoms. The van der Waals surface area contributed by atoms with Crippen molar-refractivity contribution in [3.8, 4) is 22.8 Å². The van der Waals surface area contributed by atoms with Gasteiger partial charge in [0.2, 0.25) is 0 Å². The Labute approximate surface area is 164 Å². The lowest BCUT2D eigenvalue weighted by molar-refractivity contribution is 0.425. The lowest BCUT2D eigenvalue weighted by Gasteiger charge is -2.05. The summed E-state index contributed by atoms with van der Waals surface area (Å²) in [4.78, 5) is 4.44. The maximum atomic E-state index is 5.91. The summed E-state index contributed by atoms with van der Waals surface area (Å²) >= 11 is 7.42. The van der Waals surface area contributed by atoms with Gasteiger partial charge >= 0.3 is 0 Å². The Hall–Kier alpha value is -2.58. The van der Waals surface area contributed by atoms with Crippen molar-refractivity contribution in [2.75, 3.05) is 0 Å². The quantitative estimate of drug-likeness (QED) is 0.426. The summed E-state index contributed by atoms with van der Waals surface area (Å²) in [6.45, 7) is 4.71. The Morgan fingerprint density at radius 3 is 2.67 bits per heavy atom. The first-order valence-electron chi connectivity index (χ1n) is 8.34. The summed E-state index contributed by atoms with van der Waals surface area (Å²) in [5, 5.41) is 14.1. The fraction of sp³-hybridized carbons (Fsp3) is 0.222. The van der Waals surface area contributed by atoms with Crippen LogP contribution in [-0.2, 0) is 12.3 Å². The molecule has 0 aliphatic heterocycles. The van der Waals surface area contributed by atoms with Crippen LogP contribution in [0.1, 0.15) is 18.5 Å².